The van der Waals surface area contributed by atoms with Gasteiger partial charge in [0.05, 0.1) is 11.2 Å². The minimum absolute atomic E-state index is 0.0628. The highest BCUT2D eigenvalue weighted by atomic mass is 16.1. The van der Waals surface area contributed by atoms with Gasteiger partial charge in [0.15, 0.2) is 0 Å². The maximum Gasteiger partial charge on any atom is 0.252 e. The van der Waals surface area contributed by atoms with Crippen molar-refractivity contribution in [3.05, 3.63) is 40.7 Å². The number of benzene rings is 1. The molecule has 2 aromatic rings. The Labute approximate surface area is 125 Å². The predicted octanol–water partition coefficient (Wildman–Crippen LogP) is 2.10. The molecule has 2 N–H and O–H groups in total. The number of aromatic nitrogens is 1. The quantitative estimate of drug-likeness (QED) is 0.939. The lowest BCUT2D eigenvalue weighted by molar-refractivity contribution is 0.386. The smallest absolute Gasteiger partial charge is 0.252 e. The van der Waals surface area contributed by atoms with Crippen molar-refractivity contribution in [1.29, 1.82) is 0 Å². The van der Waals surface area contributed by atoms with E-state index in [1.165, 1.54) is 12.8 Å². The molecule has 1 fully saturated rings. The lowest BCUT2D eigenvalue weighted by Gasteiger charge is -2.34. The van der Waals surface area contributed by atoms with Crippen LogP contribution < -0.4 is 16.2 Å². The normalized spacial score (nSPS) is 16.6. The Kier molecular flexibility index (Phi) is 3.97. The van der Waals surface area contributed by atoms with E-state index in [4.69, 9.17) is 5.73 Å². The van der Waals surface area contributed by atoms with Crippen molar-refractivity contribution in [2.24, 2.45) is 18.7 Å². The molecule has 0 spiro atoms. The fraction of sp³-hybridized carbons (Fsp3) is 0.471. The second-order valence-corrected chi connectivity index (χ2v) is 5.95. The van der Waals surface area contributed by atoms with Crippen LogP contribution in [-0.2, 0) is 7.05 Å². The summed E-state index contributed by atoms with van der Waals surface area (Å²) in [5.74, 6) is 0.740. The highest BCUT2D eigenvalue weighted by Gasteiger charge is 2.20. The number of nitrogens with zero attached hydrogens (tertiary/aromatic N) is 2. The zero-order valence-electron chi connectivity index (χ0n) is 12.6. The van der Waals surface area contributed by atoms with Gasteiger partial charge in [-0.25, -0.2) is 0 Å². The van der Waals surface area contributed by atoms with Crippen molar-refractivity contribution in [2.45, 2.75) is 19.3 Å². The van der Waals surface area contributed by atoms with Gasteiger partial charge in [-0.1, -0.05) is 18.2 Å². The van der Waals surface area contributed by atoms with Crippen LogP contribution in [0.15, 0.2) is 35.1 Å². The van der Waals surface area contributed by atoms with Crippen LogP contribution in [0.1, 0.15) is 19.3 Å². The van der Waals surface area contributed by atoms with Gasteiger partial charge in [0.1, 0.15) is 0 Å². The Morgan fingerprint density at radius 3 is 2.67 bits per heavy atom. The van der Waals surface area contributed by atoms with E-state index in [0.29, 0.717) is 0 Å². The lowest BCUT2D eigenvalue weighted by atomic mass is 9.93. The molecule has 112 valence electrons. The van der Waals surface area contributed by atoms with Crippen molar-refractivity contribution in [1.82, 2.24) is 4.57 Å². The second kappa shape index (κ2) is 5.90. The first-order chi connectivity index (χ1) is 10.2. The number of piperidine rings is 1. The van der Waals surface area contributed by atoms with Crippen LogP contribution in [0, 0.1) is 5.92 Å². The number of fused-ring (bicyclic) bond motifs is 1. The Hall–Kier alpha value is -1.81. The maximum atomic E-state index is 12.2. The van der Waals surface area contributed by atoms with E-state index in [2.05, 4.69) is 11.0 Å². The predicted molar refractivity (Wildman–Crippen MR) is 87.8 cm³/mol. The maximum absolute atomic E-state index is 12.2. The van der Waals surface area contributed by atoms with E-state index in [1.807, 2.05) is 25.2 Å². The van der Waals surface area contributed by atoms with Crippen LogP contribution in [0.25, 0.3) is 10.9 Å². The van der Waals surface area contributed by atoms with Crippen LogP contribution in [0.4, 0.5) is 5.69 Å². The number of pyridine rings is 1. The minimum atomic E-state index is 0.0628. The Bertz CT molecular complexity index is 684. The van der Waals surface area contributed by atoms with Crippen LogP contribution >= 0.6 is 0 Å². The molecule has 3 rings (SSSR count). The summed E-state index contributed by atoms with van der Waals surface area (Å²) in [5, 5.41) is 1.16. The third-order valence-corrected chi connectivity index (χ3v) is 4.66. The number of anilines is 1. The molecule has 0 radical (unpaired) electrons. The SMILES string of the molecule is Cn1c(=O)cc(N2CCC(CCN)CC2)c2ccccc21. The van der Waals surface area contributed by atoms with Gasteiger partial charge in [0.2, 0.25) is 0 Å². The van der Waals surface area contributed by atoms with E-state index in [9.17, 15) is 4.79 Å². The summed E-state index contributed by atoms with van der Waals surface area (Å²) in [4.78, 5) is 14.5. The molecule has 21 heavy (non-hydrogen) atoms. The van der Waals surface area contributed by atoms with Gasteiger partial charge in [0, 0.05) is 31.6 Å². The van der Waals surface area contributed by atoms with Crippen molar-refractivity contribution in [2.75, 3.05) is 24.5 Å². The van der Waals surface area contributed by atoms with E-state index in [-0.39, 0.29) is 5.56 Å². The van der Waals surface area contributed by atoms with Crippen molar-refractivity contribution in [3.8, 4) is 0 Å². The number of hydrogen-bond acceptors (Lipinski definition) is 3. The number of rotatable bonds is 3. The van der Waals surface area contributed by atoms with Crippen LogP contribution in [0.5, 0.6) is 0 Å². The number of nitrogens with two attached hydrogens (primary N) is 1. The van der Waals surface area contributed by atoms with Gasteiger partial charge in [-0.2, -0.15) is 0 Å². The molecule has 0 atom stereocenters. The molecule has 1 aliphatic heterocycles. The third-order valence-electron chi connectivity index (χ3n) is 4.66. The molecule has 2 heterocycles. The fourth-order valence-corrected chi connectivity index (χ4v) is 3.35. The molecule has 0 saturated carbocycles. The zero-order chi connectivity index (χ0) is 14.8. The Morgan fingerprint density at radius 2 is 1.95 bits per heavy atom. The molecule has 1 aromatic heterocycles. The molecule has 1 aliphatic rings. The topological polar surface area (TPSA) is 51.3 Å². The van der Waals surface area contributed by atoms with Gasteiger partial charge < -0.3 is 15.2 Å². The average molecular weight is 285 g/mol. The van der Waals surface area contributed by atoms with E-state index in [0.717, 1.165) is 48.6 Å². The molecule has 0 amide bonds. The highest BCUT2D eigenvalue weighted by Crippen LogP contribution is 2.29. The molecule has 4 heteroatoms. The Morgan fingerprint density at radius 1 is 1.24 bits per heavy atom. The molecule has 0 unspecified atom stereocenters. The van der Waals surface area contributed by atoms with Gasteiger partial charge in [-0.15, -0.1) is 0 Å². The minimum Gasteiger partial charge on any atom is -0.371 e. The third kappa shape index (κ3) is 2.68. The number of aryl methyl sites for hydroxylation is 1. The summed E-state index contributed by atoms with van der Waals surface area (Å²) in [5.41, 5.74) is 7.81. The summed E-state index contributed by atoms with van der Waals surface area (Å²) < 4.78 is 1.72. The van der Waals surface area contributed by atoms with Gasteiger partial charge in [0.25, 0.3) is 5.56 Å². The summed E-state index contributed by atoms with van der Waals surface area (Å²) in [6, 6.07) is 9.93. The van der Waals surface area contributed by atoms with Crippen molar-refractivity contribution in [3.63, 3.8) is 0 Å². The zero-order valence-corrected chi connectivity index (χ0v) is 12.6. The first-order valence-electron chi connectivity index (χ1n) is 7.74. The Balaban J connectivity index is 1.95. The van der Waals surface area contributed by atoms with Gasteiger partial charge in [-0.3, -0.25) is 4.79 Å². The monoisotopic (exact) mass is 285 g/mol. The van der Waals surface area contributed by atoms with Crippen LogP contribution in [0.2, 0.25) is 0 Å². The van der Waals surface area contributed by atoms with Gasteiger partial charge in [-0.05, 0) is 37.8 Å². The molecule has 0 bridgehead atoms. The molecule has 4 nitrogen and oxygen atoms in total. The fourth-order valence-electron chi connectivity index (χ4n) is 3.35. The standard InChI is InChI=1S/C17H23N3O/c1-19-15-5-3-2-4-14(15)16(12-17(19)21)20-10-7-13(6-9-18)8-11-20/h2-5,12-13H,6-11,18H2,1H3. The molecular weight excluding hydrogens is 262 g/mol. The first-order valence-corrected chi connectivity index (χ1v) is 7.74. The largest absolute Gasteiger partial charge is 0.371 e. The van der Waals surface area contributed by atoms with Crippen LogP contribution in [-0.4, -0.2) is 24.2 Å². The van der Waals surface area contributed by atoms with E-state index < -0.39 is 0 Å². The number of para-hydroxylation sites is 1. The summed E-state index contributed by atoms with van der Waals surface area (Å²) in [6.45, 7) is 2.81. The average Bonchev–Trinajstić information content (AvgIpc) is 2.52. The highest BCUT2D eigenvalue weighted by molar-refractivity contribution is 5.91. The van der Waals surface area contributed by atoms with Crippen molar-refractivity contribution >= 4 is 16.6 Å². The molecular formula is C17H23N3O. The van der Waals surface area contributed by atoms with Crippen LogP contribution in [0.3, 0.4) is 0 Å². The van der Waals surface area contributed by atoms with E-state index in [1.54, 1.807) is 10.6 Å². The second-order valence-electron chi connectivity index (χ2n) is 5.95. The lowest BCUT2D eigenvalue weighted by Crippen LogP contribution is -2.35. The molecule has 1 aromatic carbocycles. The molecule has 0 aliphatic carbocycles. The van der Waals surface area contributed by atoms with E-state index >= 15 is 0 Å². The summed E-state index contributed by atoms with van der Waals surface area (Å²) >= 11 is 0. The summed E-state index contributed by atoms with van der Waals surface area (Å²) in [6.07, 6.45) is 3.45. The van der Waals surface area contributed by atoms with Crippen molar-refractivity contribution < 1.29 is 0 Å². The number of hydrogen-bond donors (Lipinski definition) is 1. The molecule has 1 saturated heterocycles. The van der Waals surface area contributed by atoms with Gasteiger partial charge >= 0.3 is 0 Å². The summed E-state index contributed by atoms with van der Waals surface area (Å²) in [7, 11) is 1.84. The first kappa shape index (κ1) is 14.1.